The van der Waals surface area contributed by atoms with Gasteiger partial charge >= 0.3 is 0 Å². The van der Waals surface area contributed by atoms with Gasteiger partial charge in [-0.3, -0.25) is 4.48 Å². The molecule has 2 unspecified atom stereocenters. The molecule has 1 aromatic carbocycles. The Kier molecular flexibility index (Phi) is 6.09. The van der Waals surface area contributed by atoms with Crippen LogP contribution in [0.4, 0.5) is 5.69 Å². The van der Waals surface area contributed by atoms with Gasteiger partial charge in [-0.05, 0) is 62.4 Å². The molecule has 5 heteroatoms. The molecule has 0 spiro atoms. The normalized spacial score (nSPS) is 18.5. The van der Waals surface area contributed by atoms with Gasteiger partial charge in [-0.1, -0.05) is 26.0 Å². The van der Waals surface area contributed by atoms with Gasteiger partial charge in [-0.2, -0.15) is 5.10 Å². The molecule has 2 atom stereocenters. The van der Waals surface area contributed by atoms with Crippen LogP contribution in [0.1, 0.15) is 49.9 Å². The number of fused-ring (bicyclic) bond motifs is 1. The number of benzene rings is 1. The van der Waals surface area contributed by atoms with Crippen LogP contribution >= 0.6 is 0 Å². The number of methoxy groups -OCH3 is 1. The first-order valence-corrected chi connectivity index (χ1v) is 11.6. The zero-order valence-corrected chi connectivity index (χ0v) is 19.9. The van der Waals surface area contributed by atoms with E-state index in [-0.39, 0.29) is 6.23 Å². The largest absolute Gasteiger partial charge is 0.496 e. The minimum Gasteiger partial charge on any atom is -0.496 e. The Labute approximate surface area is 186 Å². The van der Waals surface area contributed by atoms with Crippen LogP contribution in [0.5, 0.6) is 5.75 Å². The number of aryl methyl sites for hydroxylation is 3. The Morgan fingerprint density at radius 1 is 1.23 bits per heavy atom. The van der Waals surface area contributed by atoms with Crippen LogP contribution in [-0.2, 0) is 11.2 Å². The lowest BCUT2D eigenvalue weighted by Gasteiger charge is -2.38. The topological polar surface area (TPSA) is 35.8 Å². The third-order valence-corrected chi connectivity index (χ3v) is 6.70. The molecule has 1 saturated heterocycles. The molecule has 3 heterocycles. The summed E-state index contributed by atoms with van der Waals surface area (Å²) in [6.07, 6.45) is 4.42. The Balaban J connectivity index is 1.99. The second-order valence-corrected chi connectivity index (χ2v) is 8.98. The van der Waals surface area contributed by atoms with E-state index in [0.29, 0.717) is 0 Å². The number of ether oxygens (including phenoxy) is 2. The van der Waals surface area contributed by atoms with Crippen LogP contribution in [0.15, 0.2) is 30.3 Å². The summed E-state index contributed by atoms with van der Waals surface area (Å²) < 4.78 is 15.0. The van der Waals surface area contributed by atoms with E-state index >= 15 is 0 Å². The monoisotopic (exact) mass is 422 g/mol. The first kappa shape index (κ1) is 21.8. The Bertz CT molecular complexity index is 1080. The highest BCUT2D eigenvalue weighted by molar-refractivity contribution is 5.80. The smallest absolute Gasteiger partial charge is 0.197 e. The zero-order chi connectivity index (χ0) is 22.2. The van der Waals surface area contributed by atoms with Crippen molar-refractivity contribution >= 4 is 11.2 Å². The Hall–Kier alpha value is -2.37. The Morgan fingerprint density at radius 2 is 2.03 bits per heavy atom. The standard InChI is InChI=1S/C26H36N3O2/c1-7-14-29(5,24-13-10-15-31-24)26-20(8-2)27-28-21(11-9-12-22(26)28)25-19(4)16-18(3)17-23(25)30-6/h9,11-12,16-17,24H,7-8,10,13-15H2,1-6H3/q+1. The predicted octanol–water partition coefficient (Wildman–Crippen LogP) is 5.67. The first-order valence-electron chi connectivity index (χ1n) is 11.6. The van der Waals surface area contributed by atoms with Crippen molar-refractivity contribution in [3.63, 3.8) is 0 Å². The van der Waals surface area contributed by atoms with Gasteiger partial charge in [0.1, 0.15) is 17.0 Å². The Morgan fingerprint density at radius 3 is 2.68 bits per heavy atom. The molecule has 4 rings (SSSR count). The van der Waals surface area contributed by atoms with Gasteiger partial charge in [0.15, 0.2) is 11.9 Å². The minimum atomic E-state index is 0.192. The molecule has 1 fully saturated rings. The number of rotatable bonds is 7. The van der Waals surface area contributed by atoms with Crippen molar-refractivity contribution < 1.29 is 9.47 Å². The van der Waals surface area contributed by atoms with Crippen LogP contribution < -0.4 is 9.22 Å². The van der Waals surface area contributed by atoms with E-state index in [1.807, 2.05) is 0 Å². The highest BCUT2D eigenvalue weighted by Gasteiger charge is 2.42. The molecular weight excluding hydrogens is 386 g/mol. The number of hydrogen-bond acceptors (Lipinski definition) is 3. The fourth-order valence-corrected chi connectivity index (χ4v) is 5.38. The van der Waals surface area contributed by atoms with Crippen molar-refractivity contribution in [2.45, 2.75) is 59.6 Å². The fourth-order valence-electron chi connectivity index (χ4n) is 5.38. The predicted molar refractivity (Wildman–Crippen MR) is 128 cm³/mol. The molecule has 2 aromatic heterocycles. The van der Waals surface area contributed by atoms with E-state index in [0.717, 1.165) is 66.0 Å². The average Bonchev–Trinajstić information content (AvgIpc) is 3.41. The summed E-state index contributed by atoms with van der Waals surface area (Å²) in [6.45, 7) is 10.6. The van der Waals surface area contributed by atoms with E-state index < -0.39 is 0 Å². The van der Waals surface area contributed by atoms with Crippen LogP contribution in [-0.4, -0.2) is 43.2 Å². The van der Waals surface area contributed by atoms with Gasteiger partial charge in [-0.25, -0.2) is 4.52 Å². The van der Waals surface area contributed by atoms with E-state index in [1.54, 1.807) is 7.11 Å². The van der Waals surface area contributed by atoms with Crippen LogP contribution in [0.3, 0.4) is 0 Å². The molecule has 5 nitrogen and oxygen atoms in total. The molecule has 1 aliphatic heterocycles. The molecule has 0 N–H and O–H groups in total. The van der Waals surface area contributed by atoms with Crippen molar-refractivity contribution in [2.75, 3.05) is 27.3 Å². The summed E-state index contributed by atoms with van der Waals surface area (Å²) in [6, 6.07) is 10.8. The van der Waals surface area contributed by atoms with Gasteiger partial charge in [0.25, 0.3) is 0 Å². The molecule has 3 aromatic rings. The van der Waals surface area contributed by atoms with E-state index in [9.17, 15) is 0 Å². The van der Waals surface area contributed by atoms with Crippen molar-refractivity contribution in [1.82, 2.24) is 14.1 Å². The van der Waals surface area contributed by atoms with Crippen molar-refractivity contribution in [1.29, 1.82) is 0 Å². The molecular formula is C26H36N3O2+. The average molecular weight is 423 g/mol. The first-order chi connectivity index (χ1) is 14.9. The number of nitrogens with zero attached hydrogens (tertiary/aromatic N) is 3. The third kappa shape index (κ3) is 3.64. The molecule has 0 amide bonds. The quantitative estimate of drug-likeness (QED) is 0.460. The lowest BCUT2D eigenvalue weighted by atomic mass is 10.0. The minimum absolute atomic E-state index is 0.192. The maximum Gasteiger partial charge on any atom is 0.197 e. The van der Waals surface area contributed by atoms with Gasteiger partial charge < -0.3 is 9.47 Å². The number of hydrogen-bond donors (Lipinski definition) is 0. The second-order valence-electron chi connectivity index (χ2n) is 8.98. The lowest BCUT2D eigenvalue weighted by molar-refractivity contribution is -0.000249. The van der Waals surface area contributed by atoms with Crippen LogP contribution in [0.2, 0.25) is 0 Å². The van der Waals surface area contributed by atoms with E-state index in [2.05, 4.69) is 69.6 Å². The van der Waals surface area contributed by atoms with Crippen LogP contribution in [0, 0.1) is 13.8 Å². The summed E-state index contributed by atoms with van der Waals surface area (Å²) in [4.78, 5) is 0. The number of pyridine rings is 1. The van der Waals surface area contributed by atoms with Gasteiger partial charge in [0.2, 0.25) is 0 Å². The highest BCUT2D eigenvalue weighted by Crippen LogP contribution is 2.40. The van der Waals surface area contributed by atoms with Gasteiger partial charge in [0.05, 0.1) is 33.0 Å². The van der Waals surface area contributed by atoms with Gasteiger partial charge in [-0.15, -0.1) is 0 Å². The van der Waals surface area contributed by atoms with Crippen molar-refractivity contribution in [2.24, 2.45) is 0 Å². The fraction of sp³-hybridized carbons (Fsp3) is 0.500. The van der Waals surface area contributed by atoms with Gasteiger partial charge in [0, 0.05) is 12.0 Å². The maximum absolute atomic E-state index is 6.24. The molecule has 0 aliphatic carbocycles. The molecule has 0 saturated carbocycles. The molecule has 1 aliphatic rings. The van der Waals surface area contributed by atoms with Crippen LogP contribution in [0.25, 0.3) is 16.8 Å². The lowest BCUT2D eigenvalue weighted by Crippen LogP contribution is -2.54. The maximum atomic E-state index is 6.24. The van der Waals surface area contributed by atoms with E-state index in [1.165, 1.54) is 22.3 Å². The second kappa shape index (κ2) is 8.64. The summed E-state index contributed by atoms with van der Waals surface area (Å²) in [5.74, 6) is 0.894. The highest BCUT2D eigenvalue weighted by atomic mass is 16.5. The molecule has 166 valence electrons. The zero-order valence-electron chi connectivity index (χ0n) is 19.9. The third-order valence-electron chi connectivity index (χ3n) is 6.70. The molecule has 31 heavy (non-hydrogen) atoms. The summed E-state index contributed by atoms with van der Waals surface area (Å²) in [5.41, 5.74) is 8.21. The number of aromatic nitrogens is 2. The summed E-state index contributed by atoms with van der Waals surface area (Å²) >= 11 is 0. The van der Waals surface area contributed by atoms with Crippen molar-refractivity contribution in [3.05, 3.63) is 47.2 Å². The molecule has 0 bridgehead atoms. The number of quaternary nitrogens is 1. The van der Waals surface area contributed by atoms with Crippen molar-refractivity contribution in [3.8, 4) is 17.0 Å². The molecule has 0 radical (unpaired) electrons. The summed E-state index contributed by atoms with van der Waals surface area (Å²) in [7, 11) is 4.08. The summed E-state index contributed by atoms with van der Waals surface area (Å²) in [5, 5.41) is 5.16. The van der Waals surface area contributed by atoms with E-state index in [4.69, 9.17) is 14.6 Å². The SMILES string of the molecule is CCC[N+](C)(c1c(CC)nn2c(-c3c(C)cc(C)cc3OC)cccc12)C1CCCO1.